The summed E-state index contributed by atoms with van der Waals surface area (Å²) >= 11 is 3.47. The number of hydrogen-bond donors (Lipinski definition) is 1. The number of likely N-dealkylation sites (tertiary alicyclic amines) is 1. The fraction of sp³-hybridized carbons (Fsp3) is 0.455. The third-order valence-corrected chi connectivity index (χ3v) is 3.08. The van der Waals surface area contributed by atoms with E-state index < -0.39 is 0 Å². The molecule has 0 amide bonds. The zero-order chi connectivity index (χ0) is 9.97. The molecule has 0 aromatic heterocycles. The quantitative estimate of drug-likeness (QED) is 0.873. The van der Waals surface area contributed by atoms with Crippen molar-refractivity contribution in [2.24, 2.45) is 0 Å². The molecule has 1 saturated heterocycles. The summed E-state index contributed by atoms with van der Waals surface area (Å²) in [5, 5.41) is 3.54. The van der Waals surface area contributed by atoms with Crippen LogP contribution in [0.25, 0.3) is 0 Å². The van der Waals surface area contributed by atoms with Crippen LogP contribution in [0.3, 0.4) is 0 Å². The number of nitrogens with one attached hydrogen (secondary N) is 1. The topological polar surface area (TPSA) is 15.3 Å². The lowest BCUT2D eigenvalue weighted by Crippen LogP contribution is -2.23. The summed E-state index contributed by atoms with van der Waals surface area (Å²) in [4.78, 5) is 2.36. The molecule has 1 heterocycles. The predicted octanol–water partition coefficient (Wildman–Crippen LogP) is 2.57. The van der Waals surface area contributed by atoms with Crippen LogP contribution in [0, 0.1) is 0 Å². The van der Waals surface area contributed by atoms with Gasteiger partial charge in [0.05, 0.1) is 0 Å². The third kappa shape index (κ3) is 2.49. The first-order chi connectivity index (χ1) is 6.74. The highest BCUT2D eigenvalue weighted by atomic mass is 79.9. The molecule has 2 nitrogen and oxygen atoms in total. The summed E-state index contributed by atoms with van der Waals surface area (Å²) in [5.41, 5.74) is 1.21. The Labute approximate surface area is 93.4 Å². The molecule has 3 heteroatoms. The largest absolute Gasteiger partial charge is 0.381 e. The van der Waals surface area contributed by atoms with Crippen LogP contribution in [0.5, 0.6) is 0 Å². The van der Waals surface area contributed by atoms with Crippen molar-refractivity contribution >= 4 is 21.6 Å². The first kappa shape index (κ1) is 9.99. The Morgan fingerprint density at radius 1 is 1.50 bits per heavy atom. The molecular weight excluding hydrogens is 240 g/mol. The summed E-state index contributed by atoms with van der Waals surface area (Å²) in [7, 11) is 2.17. The normalized spacial score (nSPS) is 22.6. The molecule has 1 aliphatic rings. The maximum absolute atomic E-state index is 3.54. The molecule has 0 bridgehead atoms. The van der Waals surface area contributed by atoms with E-state index in [-0.39, 0.29) is 0 Å². The zero-order valence-electron chi connectivity index (χ0n) is 8.33. The van der Waals surface area contributed by atoms with Crippen LogP contribution in [0.2, 0.25) is 0 Å². The molecule has 1 fully saturated rings. The molecule has 2 rings (SSSR count). The Morgan fingerprint density at radius 3 is 3.00 bits per heavy atom. The Balaban J connectivity index is 1.97. The van der Waals surface area contributed by atoms with Gasteiger partial charge in [-0.15, -0.1) is 0 Å². The average molecular weight is 255 g/mol. The van der Waals surface area contributed by atoms with Gasteiger partial charge < -0.3 is 10.2 Å². The van der Waals surface area contributed by atoms with E-state index in [0.29, 0.717) is 6.04 Å². The maximum atomic E-state index is 3.54. The Kier molecular flexibility index (Phi) is 3.08. The van der Waals surface area contributed by atoms with Crippen LogP contribution in [0.1, 0.15) is 6.42 Å². The molecule has 0 saturated carbocycles. The fourth-order valence-electron chi connectivity index (χ4n) is 1.87. The van der Waals surface area contributed by atoms with Gasteiger partial charge in [0.15, 0.2) is 0 Å². The molecule has 1 aliphatic heterocycles. The number of hydrogen-bond acceptors (Lipinski definition) is 2. The molecule has 1 unspecified atom stereocenters. The summed E-state index contributed by atoms with van der Waals surface area (Å²) in [6.45, 7) is 2.35. The van der Waals surface area contributed by atoms with Crippen molar-refractivity contribution in [3.05, 3.63) is 28.7 Å². The van der Waals surface area contributed by atoms with Crippen molar-refractivity contribution in [1.82, 2.24) is 4.90 Å². The molecule has 14 heavy (non-hydrogen) atoms. The van der Waals surface area contributed by atoms with E-state index in [9.17, 15) is 0 Å². The molecule has 76 valence electrons. The van der Waals surface area contributed by atoms with Crippen molar-refractivity contribution in [3.63, 3.8) is 0 Å². The SMILES string of the molecule is CN1CCC(Nc2cccc(Br)c2)C1. The van der Waals surface area contributed by atoms with Gasteiger partial charge in [-0.2, -0.15) is 0 Å². The summed E-state index contributed by atoms with van der Waals surface area (Å²) < 4.78 is 1.13. The van der Waals surface area contributed by atoms with Gasteiger partial charge in [-0.1, -0.05) is 22.0 Å². The molecular formula is C11H15BrN2. The summed E-state index contributed by atoms with van der Waals surface area (Å²) in [5.74, 6) is 0. The van der Waals surface area contributed by atoms with E-state index >= 15 is 0 Å². The second-order valence-corrected chi connectivity index (χ2v) is 4.82. The Hall–Kier alpha value is -0.540. The van der Waals surface area contributed by atoms with Gasteiger partial charge in [-0.3, -0.25) is 0 Å². The number of nitrogens with zero attached hydrogens (tertiary/aromatic N) is 1. The van der Waals surface area contributed by atoms with Gasteiger partial charge in [0, 0.05) is 22.7 Å². The van der Waals surface area contributed by atoms with E-state index in [1.165, 1.54) is 18.7 Å². The average Bonchev–Trinajstić information content (AvgIpc) is 2.51. The molecule has 1 aromatic carbocycles. The van der Waals surface area contributed by atoms with Crippen LogP contribution in [-0.2, 0) is 0 Å². The second-order valence-electron chi connectivity index (χ2n) is 3.90. The van der Waals surface area contributed by atoms with Gasteiger partial charge in [0.25, 0.3) is 0 Å². The van der Waals surface area contributed by atoms with Gasteiger partial charge in [-0.25, -0.2) is 0 Å². The van der Waals surface area contributed by atoms with Gasteiger partial charge in [-0.05, 0) is 38.2 Å². The minimum Gasteiger partial charge on any atom is -0.381 e. The minimum absolute atomic E-state index is 0.606. The molecule has 1 N–H and O–H groups in total. The van der Waals surface area contributed by atoms with Crippen molar-refractivity contribution in [1.29, 1.82) is 0 Å². The lowest BCUT2D eigenvalue weighted by atomic mass is 10.2. The lowest BCUT2D eigenvalue weighted by molar-refractivity contribution is 0.414. The number of anilines is 1. The fourth-order valence-corrected chi connectivity index (χ4v) is 2.27. The maximum Gasteiger partial charge on any atom is 0.0400 e. The molecule has 1 atom stereocenters. The zero-order valence-corrected chi connectivity index (χ0v) is 9.92. The van der Waals surface area contributed by atoms with Crippen molar-refractivity contribution in [3.8, 4) is 0 Å². The summed E-state index contributed by atoms with van der Waals surface area (Å²) in [6, 6.07) is 8.95. The Bertz CT molecular complexity index is 314. The summed E-state index contributed by atoms with van der Waals surface area (Å²) in [6.07, 6.45) is 1.24. The van der Waals surface area contributed by atoms with Gasteiger partial charge in [0.2, 0.25) is 0 Å². The smallest absolute Gasteiger partial charge is 0.0400 e. The number of benzene rings is 1. The van der Waals surface area contributed by atoms with Crippen LogP contribution < -0.4 is 5.32 Å². The molecule has 0 radical (unpaired) electrons. The van der Waals surface area contributed by atoms with Crippen molar-refractivity contribution < 1.29 is 0 Å². The van der Waals surface area contributed by atoms with E-state index in [0.717, 1.165) is 11.0 Å². The Morgan fingerprint density at radius 2 is 2.36 bits per heavy atom. The van der Waals surface area contributed by atoms with Crippen LogP contribution in [0.15, 0.2) is 28.7 Å². The van der Waals surface area contributed by atoms with E-state index in [4.69, 9.17) is 0 Å². The van der Waals surface area contributed by atoms with Crippen LogP contribution in [0.4, 0.5) is 5.69 Å². The van der Waals surface area contributed by atoms with E-state index in [2.05, 4.69) is 51.4 Å². The third-order valence-electron chi connectivity index (χ3n) is 2.59. The van der Waals surface area contributed by atoms with Crippen LogP contribution >= 0.6 is 15.9 Å². The molecule has 0 spiro atoms. The highest BCUT2D eigenvalue weighted by molar-refractivity contribution is 9.10. The van der Waals surface area contributed by atoms with Gasteiger partial charge in [0.1, 0.15) is 0 Å². The monoisotopic (exact) mass is 254 g/mol. The standard InChI is InChI=1S/C11H15BrN2/c1-14-6-5-11(8-14)13-10-4-2-3-9(12)7-10/h2-4,7,11,13H,5-6,8H2,1H3. The number of halogens is 1. The van der Waals surface area contributed by atoms with Crippen molar-refractivity contribution in [2.75, 3.05) is 25.5 Å². The van der Waals surface area contributed by atoms with E-state index in [1.807, 2.05) is 6.07 Å². The molecule has 1 aromatic rings. The van der Waals surface area contributed by atoms with Crippen LogP contribution in [-0.4, -0.2) is 31.1 Å². The number of likely N-dealkylation sites (N-methyl/N-ethyl adjacent to an activating group) is 1. The molecule has 0 aliphatic carbocycles. The van der Waals surface area contributed by atoms with E-state index in [1.54, 1.807) is 0 Å². The first-order valence-electron chi connectivity index (χ1n) is 4.95. The first-order valence-corrected chi connectivity index (χ1v) is 5.74. The minimum atomic E-state index is 0.606. The highest BCUT2D eigenvalue weighted by Crippen LogP contribution is 2.18. The highest BCUT2D eigenvalue weighted by Gasteiger charge is 2.18. The second kappa shape index (κ2) is 4.32. The lowest BCUT2D eigenvalue weighted by Gasteiger charge is -2.14. The van der Waals surface area contributed by atoms with Gasteiger partial charge >= 0.3 is 0 Å². The van der Waals surface area contributed by atoms with Crippen molar-refractivity contribution in [2.45, 2.75) is 12.5 Å². The predicted molar refractivity (Wildman–Crippen MR) is 63.7 cm³/mol. The number of rotatable bonds is 2.